The van der Waals surface area contributed by atoms with Crippen LogP contribution in [0.15, 0.2) is 11.8 Å². The van der Waals surface area contributed by atoms with E-state index in [1.54, 1.807) is 24.9 Å². The SMILES string of the molecule is CCOC(=O)C1=CN(C(=O)OC(C)(C)C)CC1CC.CCOC(=O)C1CN(C(=O)OC(C)(C)C)CC1CC. The molecule has 10 heteroatoms. The molecule has 0 N–H and O–H groups in total. The zero-order valence-corrected chi connectivity index (χ0v) is 24.9. The lowest BCUT2D eigenvalue weighted by Crippen LogP contribution is -2.36. The van der Waals surface area contributed by atoms with Crippen LogP contribution in [0.2, 0.25) is 0 Å². The van der Waals surface area contributed by atoms with Crippen LogP contribution in [0.3, 0.4) is 0 Å². The average Bonchev–Trinajstić information content (AvgIpc) is 3.42. The van der Waals surface area contributed by atoms with Crippen molar-refractivity contribution in [3.63, 3.8) is 0 Å². The van der Waals surface area contributed by atoms with Gasteiger partial charge in [0, 0.05) is 31.8 Å². The molecule has 0 radical (unpaired) electrons. The third kappa shape index (κ3) is 10.5. The summed E-state index contributed by atoms with van der Waals surface area (Å²) in [6, 6.07) is 0. The fraction of sp³-hybridized carbons (Fsp3) is 0.786. The number of likely N-dealkylation sites (tertiary alicyclic amines) is 1. The molecule has 1 fully saturated rings. The molecular formula is C28H48N2O8. The van der Waals surface area contributed by atoms with Crippen molar-refractivity contribution in [1.82, 2.24) is 9.80 Å². The van der Waals surface area contributed by atoms with Gasteiger partial charge in [-0.3, -0.25) is 9.69 Å². The second-order valence-electron chi connectivity index (χ2n) is 11.5. The molecule has 1 saturated heterocycles. The summed E-state index contributed by atoms with van der Waals surface area (Å²) in [5.41, 5.74) is -0.504. The predicted octanol–water partition coefficient (Wildman–Crippen LogP) is 5.15. The molecule has 2 amide bonds. The Morgan fingerprint density at radius 1 is 0.789 bits per heavy atom. The first kappa shape index (κ1) is 33.2. The third-order valence-electron chi connectivity index (χ3n) is 5.99. The minimum absolute atomic E-state index is 0.0200. The summed E-state index contributed by atoms with van der Waals surface area (Å²) in [6.45, 7) is 20.6. The van der Waals surface area contributed by atoms with Crippen molar-refractivity contribution in [2.45, 2.75) is 93.3 Å². The van der Waals surface area contributed by atoms with Crippen LogP contribution in [0.25, 0.3) is 0 Å². The molecule has 2 rings (SSSR count). The van der Waals surface area contributed by atoms with Crippen LogP contribution in [-0.4, -0.2) is 78.0 Å². The van der Waals surface area contributed by atoms with Crippen molar-refractivity contribution in [3.8, 4) is 0 Å². The van der Waals surface area contributed by atoms with Crippen molar-refractivity contribution in [2.75, 3.05) is 32.8 Å². The first-order valence-corrected chi connectivity index (χ1v) is 13.6. The van der Waals surface area contributed by atoms with E-state index in [-0.39, 0.29) is 35.8 Å². The molecule has 0 aromatic rings. The van der Waals surface area contributed by atoms with E-state index in [4.69, 9.17) is 18.9 Å². The molecule has 38 heavy (non-hydrogen) atoms. The average molecular weight is 541 g/mol. The summed E-state index contributed by atoms with van der Waals surface area (Å²) in [4.78, 5) is 50.7. The van der Waals surface area contributed by atoms with Crippen LogP contribution in [0.1, 0.15) is 82.1 Å². The van der Waals surface area contributed by atoms with Crippen LogP contribution >= 0.6 is 0 Å². The maximum atomic E-state index is 12.0. The highest BCUT2D eigenvalue weighted by molar-refractivity contribution is 5.90. The van der Waals surface area contributed by atoms with Gasteiger partial charge < -0.3 is 23.8 Å². The molecule has 0 spiro atoms. The quantitative estimate of drug-likeness (QED) is 0.336. The van der Waals surface area contributed by atoms with Crippen LogP contribution in [0.5, 0.6) is 0 Å². The largest absolute Gasteiger partial charge is 0.466 e. The Labute approximate surface area is 228 Å². The number of hydrogen-bond acceptors (Lipinski definition) is 8. The van der Waals surface area contributed by atoms with E-state index in [9.17, 15) is 19.2 Å². The van der Waals surface area contributed by atoms with Gasteiger partial charge in [-0.1, -0.05) is 20.3 Å². The summed E-state index contributed by atoms with van der Waals surface area (Å²) in [5, 5.41) is 0. The first-order valence-electron chi connectivity index (χ1n) is 13.6. The van der Waals surface area contributed by atoms with Crippen molar-refractivity contribution >= 4 is 24.1 Å². The lowest BCUT2D eigenvalue weighted by atomic mass is 9.94. The Morgan fingerprint density at radius 3 is 1.82 bits per heavy atom. The smallest absolute Gasteiger partial charge is 0.414 e. The van der Waals surface area contributed by atoms with Gasteiger partial charge in [-0.15, -0.1) is 0 Å². The summed E-state index contributed by atoms with van der Waals surface area (Å²) in [6.07, 6.45) is 2.41. The Morgan fingerprint density at radius 2 is 1.34 bits per heavy atom. The molecule has 218 valence electrons. The van der Waals surface area contributed by atoms with Gasteiger partial charge in [-0.25, -0.2) is 14.4 Å². The molecule has 3 atom stereocenters. The van der Waals surface area contributed by atoms with Crippen LogP contribution in [0.4, 0.5) is 9.59 Å². The van der Waals surface area contributed by atoms with Crippen molar-refractivity contribution in [3.05, 3.63) is 11.8 Å². The fourth-order valence-corrected chi connectivity index (χ4v) is 4.17. The number of amides is 2. The number of hydrogen-bond donors (Lipinski definition) is 0. The molecule has 3 unspecified atom stereocenters. The highest BCUT2D eigenvalue weighted by Crippen LogP contribution is 2.29. The monoisotopic (exact) mass is 540 g/mol. The van der Waals surface area contributed by atoms with E-state index in [0.29, 0.717) is 38.4 Å². The second kappa shape index (κ2) is 14.4. The molecule has 0 aromatic carbocycles. The minimum atomic E-state index is -0.542. The Kier molecular flexibility index (Phi) is 12.6. The maximum Gasteiger partial charge on any atom is 0.414 e. The zero-order valence-electron chi connectivity index (χ0n) is 24.9. The van der Waals surface area contributed by atoms with Crippen molar-refractivity contribution in [2.24, 2.45) is 17.8 Å². The van der Waals surface area contributed by atoms with Gasteiger partial charge in [-0.2, -0.15) is 0 Å². The lowest BCUT2D eigenvalue weighted by Gasteiger charge is -2.24. The number of carbonyl (C=O) groups excluding carboxylic acids is 4. The van der Waals surface area contributed by atoms with Crippen LogP contribution in [0, 0.1) is 17.8 Å². The van der Waals surface area contributed by atoms with Crippen LogP contribution < -0.4 is 0 Å². The normalized spacial score (nSPS) is 21.2. The van der Waals surface area contributed by atoms with Gasteiger partial charge in [0.2, 0.25) is 0 Å². The molecule has 0 bridgehead atoms. The topological polar surface area (TPSA) is 112 Å². The molecule has 0 aliphatic carbocycles. The van der Waals surface area contributed by atoms with E-state index in [0.717, 1.165) is 12.8 Å². The summed E-state index contributed by atoms with van der Waals surface area (Å²) >= 11 is 0. The summed E-state index contributed by atoms with van der Waals surface area (Å²) in [5.74, 6) is -0.601. The number of rotatable bonds is 6. The molecule has 2 aliphatic heterocycles. The Hall–Kier alpha value is -2.78. The maximum absolute atomic E-state index is 12.0. The second-order valence-corrected chi connectivity index (χ2v) is 11.5. The molecule has 0 saturated carbocycles. The molecule has 10 nitrogen and oxygen atoms in total. The number of nitrogens with zero attached hydrogens (tertiary/aromatic N) is 2. The zero-order chi connectivity index (χ0) is 29.3. The lowest BCUT2D eigenvalue weighted by molar-refractivity contribution is -0.148. The van der Waals surface area contributed by atoms with E-state index in [1.807, 2.05) is 55.4 Å². The minimum Gasteiger partial charge on any atom is -0.466 e. The molecule has 2 aliphatic rings. The van der Waals surface area contributed by atoms with E-state index < -0.39 is 17.3 Å². The summed E-state index contributed by atoms with van der Waals surface area (Å²) in [7, 11) is 0. The van der Waals surface area contributed by atoms with Crippen LogP contribution in [-0.2, 0) is 28.5 Å². The van der Waals surface area contributed by atoms with Gasteiger partial charge in [0.05, 0.1) is 24.7 Å². The number of carbonyl (C=O) groups is 4. The van der Waals surface area contributed by atoms with Gasteiger partial charge in [0.25, 0.3) is 0 Å². The highest BCUT2D eigenvalue weighted by Gasteiger charge is 2.40. The van der Waals surface area contributed by atoms with Crippen molar-refractivity contribution < 1.29 is 38.1 Å². The first-order chi connectivity index (χ1) is 17.6. The summed E-state index contributed by atoms with van der Waals surface area (Å²) < 4.78 is 20.7. The molecular weight excluding hydrogens is 492 g/mol. The van der Waals surface area contributed by atoms with Gasteiger partial charge >= 0.3 is 24.1 Å². The van der Waals surface area contributed by atoms with Gasteiger partial charge in [0.1, 0.15) is 11.2 Å². The molecule has 0 aromatic heterocycles. The predicted molar refractivity (Wildman–Crippen MR) is 143 cm³/mol. The third-order valence-corrected chi connectivity index (χ3v) is 5.99. The Balaban J connectivity index is 0.000000380. The van der Waals surface area contributed by atoms with E-state index >= 15 is 0 Å². The fourth-order valence-electron chi connectivity index (χ4n) is 4.17. The standard InChI is InChI=1S/C14H25NO4.C14H23NO4/c2*1-6-10-8-15(13(17)19-14(3,4)5)9-11(10)12(16)18-7-2/h10-11H,6-9H2,1-5H3;9-10H,6-8H2,1-5H3. The number of ether oxygens (including phenoxy) is 4. The highest BCUT2D eigenvalue weighted by atomic mass is 16.6. The molecule has 2 heterocycles. The Bertz CT molecular complexity index is 856. The number of esters is 2. The van der Waals surface area contributed by atoms with E-state index in [2.05, 4.69) is 0 Å². The van der Waals surface area contributed by atoms with Crippen molar-refractivity contribution in [1.29, 1.82) is 0 Å². The van der Waals surface area contributed by atoms with Gasteiger partial charge in [0.15, 0.2) is 0 Å². The van der Waals surface area contributed by atoms with Gasteiger partial charge in [-0.05, 0) is 67.7 Å². The van der Waals surface area contributed by atoms with E-state index in [1.165, 1.54) is 4.90 Å².